The predicted molar refractivity (Wildman–Crippen MR) is 338 cm³/mol. The van der Waals surface area contributed by atoms with E-state index in [1.165, 1.54) is 72.3 Å². The van der Waals surface area contributed by atoms with E-state index in [0.717, 1.165) is 79.0 Å². The van der Waals surface area contributed by atoms with Crippen LogP contribution in [0.4, 0.5) is 17.1 Å². The van der Waals surface area contributed by atoms with E-state index in [-0.39, 0.29) is 0 Å². The van der Waals surface area contributed by atoms with Gasteiger partial charge in [-0.2, -0.15) is 0 Å². The number of fused-ring (bicyclic) bond motifs is 18. The molecule has 17 rings (SSSR count). The lowest BCUT2D eigenvalue weighted by Crippen LogP contribution is -2.32. The Morgan fingerprint density at radius 2 is 0.542 bits per heavy atom. The first-order valence-electron chi connectivity index (χ1n) is 28.6. The standard InChI is InChI=1S/C80H51NO2/c1-2-18-52(19-3-1)53-34-36-54(37-35-53)55-38-44-59(45-39-55)81(60-46-40-56(41-47-60)57-43-49-68-65(50-57)63-22-5-8-24-67(63)79(68)69-25-9-14-30-75(69)82-76-31-15-10-26-70(76)79)74-29-13-6-20-61(74)58-42-48-64-62-21-4-7-23-66(62)80(73(64)51-58)71-27-11-16-32-77(71)83-78-33-17-12-28-72(78)80/h1-51H. The van der Waals surface area contributed by atoms with Gasteiger partial charge in [-0.05, 0) is 150 Å². The Balaban J connectivity index is 0.803. The third-order valence-electron chi connectivity index (χ3n) is 18.1. The first-order chi connectivity index (χ1) is 41.1. The first-order valence-corrected chi connectivity index (χ1v) is 28.6. The topological polar surface area (TPSA) is 21.7 Å². The lowest BCUT2D eigenvalue weighted by Gasteiger charge is -2.39. The van der Waals surface area contributed by atoms with Crippen molar-refractivity contribution in [2.75, 3.05) is 4.90 Å². The molecule has 0 radical (unpaired) electrons. The fourth-order valence-electron chi connectivity index (χ4n) is 14.5. The molecule has 0 amide bonds. The van der Waals surface area contributed by atoms with Crippen LogP contribution in [0.25, 0.3) is 66.8 Å². The quantitative estimate of drug-likeness (QED) is 0.159. The second-order valence-electron chi connectivity index (χ2n) is 22.2. The number of benzene rings is 13. The van der Waals surface area contributed by atoms with Crippen molar-refractivity contribution in [1.29, 1.82) is 0 Å². The molecule has 0 fully saturated rings. The lowest BCUT2D eigenvalue weighted by atomic mass is 9.66. The molecule has 2 spiro atoms. The van der Waals surface area contributed by atoms with Crippen molar-refractivity contribution in [2.24, 2.45) is 0 Å². The smallest absolute Gasteiger partial charge is 0.132 e. The molecule has 3 heteroatoms. The van der Waals surface area contributed by atoms with Gasteiger partial charge in [0.1, 0.15) is 23.0 Å². The predicted octanol–water partition coefficient (Wildman–Crippen LogP) is 20.8. The fraction of sp³-hybridized carbons (Fsp3) is 0.0250. The van der Waals surface area contributed by atoms with Crippen molar-refractivity contribution in [3.63, 3.8) is 0 Å². The minimum atomic E-state index is -0.590. The van der Waals surface area contributed by atoms with Gasteiger partial charge in [-0.1, -0.05) is 243 Å². The maximum absolute atomic E-state index is 6.72. The largest absolute Gasteiger partial charge is 0.457 e. The highest BCUT2D eigenvalue weighted by Crippen LogP contribution is 2.64. The van der Waals surface area contributed by atoms with Crippen molar-refractivity contribution in [3.05, 3.63) is 354 Å². The van der Waals surface area contributed by atoms with Crippen LogP contribution >= 0.6 is 0 Å². The van der Waals surface area contributed by atoms with Gasteiger partial charge < -0.3 is 14.4 Å². The third kappa shape index (κ3) is 6.92. The van der Waals surface area contributed by atoms with Gasteiger partial charge in [0.2, 0.25) is 0 Å². The molecular formula is C80H51NO2. The SMILES string of the molecule is c1ccc(-c2ccc(-c3ccc(N(c4ccc(-c5ccc6c(c5)-c5ccccc5C65c6ccccc6Oc6ccccc65)cc4)c4ccccc4-c4ccc5c(c4)C4(c6ccccc6Oc6ccccc64)c4ccccc4-5)cc3)cc2)cc1. The van der Waals surface area contributed by atoms with Crippen LogP contribution < -0.4 is 14.4 Å². The Morgan fingerprint density at radius 1 is 0.205 bits per heavy atom. The second kappa shape index (κ2) is 18.4. The summed E-state index contributed by atoms with van der Waals surface area (Å²) in [7, 11) is 0. The normalized spacial score (nSPS) is 13.7. The van der Waals surface area contributed by atoms with E-state index in [4.69, 9.17) is 9.47 Å². The van der Waals surface area contributed by atoms with Crippen molar-refractivity contribution >= 4 is 17.1 Å². The highest BCUT2D eigenvalue weighted by Gasteiger charge is 2.52. The number of para-hydroxylation sites is 5. The zero-order chi connectivity index (χ0) is 54.6. The van der Waals surface area contributed by atoms with Crippen LogP contribution in [0.15, 0.2) is 309 Å². The van der Waals surface area contributed by atoms with E-state index in [9.17, 15) is 0 Å². The van der Waals surface area contributed by atoms with E-state index in [1.807, 2.05) is 0 Å². The van der Waals surface area contributed by atoms with Gasteiger partial charge in [0.15, 0.2) is 0 Å². The molecule has 0 atom stereocenters. The van der Waals surface area contributed by atoms with Crippen LogP contribution in [0.1, 0.15) is 44.5 Å². The maximum Gasteiger partial charge on any atom is 0.132 e. The summed E-state index contributed by atoms with van der Waals surface area (Å²) in [4.78, 5) is 2.43. The van der Waals surface area contributed by atoms with Gasteiger partial charge in [-0.25, -0.2) is 0 Å². The maximum atomic E-state index is 6.72. The summed E-state index contributed by atoms with van der Waals surface area (Å²) in [5.41, 5.74) is 26.1. The van der Waals surface area contributed by atoms with Gasteiger partial charge in [0.25, 0.3) is 0 Å². The van der Waals surface area contributed by atoms with Gasteiger partial charge in [0, 0.05) is 39.2 Å². The van der Waals surface area contributed by atoms with Crippen molar-refractivity contribution in [1.82, 2.24) is 0 Å². The first kappa shape index (κ1) is 47.1. The molecule has 2 aliphatic heterocycles. The monoisotopic (exact) mass is 1060 g/mol. The Hall–Kier alpha value is -10.7. The summed E-state index contributed by atoms with van der Waals surface area (Å²) >= 11 is 0. The molecule has 2 aliphatic carbocycles. The Labute approximate surface area is 483 Å². The number of rotatable bonds is 7. The molecule has 4 aliphatic rings. The summed E-state index contributed by atoms with van der Waals surface area (Å²) in [6, 6.07) is 113. The lowest BCUT2D eigenvalue weighted by molar-refractivity contribution is 0.436. The summed E-state index contributed by atoms with van der Waals surface area (Å²) in [6.07, 6.45) is 0. The van der Waals surface area contributed by atoms with E-state index in [0.29, 0.717) is 0 Å². The third-order valence-corrected chi connectivity index (χ3v) is 18.1. The second-order valence-corrected chi connectivity index (χ2v) is 22.2. The summed E-state index contributed by atoms with van der Waals surface area (Å²) in [5.74, 6) is 3.56. The fourth-order valence-corrected chi connectivity index (χ4v) is 14.5. The minimum Gasteiger partial charge on any atom is -0.457 e. The minimum absolute atomic E-state index is 0.516. The Kier molecular flexibility index (Phi) is 10.4. The van der Waals surface area contributed by atoms with Crippen LogP contribution in [-0.2, 0) is 10.8 Å². The molecule has 13 aromatic carbocycles. The van der Waals surface area contributed by atoms with Gasteiger partial charge in [-0.15, -0.1) is 0 Å². The molecule has 0 saturated heterocycles. The van der Waals surface area contributed by atoms with Crippen LogP contribution in [0.2, 0.25) is 0 Å². The number of hydrogen-bond acceptors (Lipinski definition) is 3. The molecule has 0 aromatic heterocycles. The average molecular weight is 1060 g/mol. The average Bonchev–Trinajstić information content (AvgIpc) is 2.06. The van der Waals surface area contributed by atoms with Crippen LogP contribution in [0.5, 0.6) is 23.0 Å². The van der Waals surface area contributed by atoms with Gasteiger partial charge in [0.05, 0.1) is 16.5 Å². The molecule has 13 aromatic rings. The molecule has 83 heavy (non-hydrogen) atoms. The summed E-state index contributed by atoms with van der Waals surface area (Å²) < 4.78 is 13.4. The number of ether oxygens (including phenoxy) is 2. The van der Waals surface area contributed by atoms with Crippen molar-refractivity contribution < 1.29 is 9.47 Å². The number of anilines is 3. The zero-order valence-electron chi connectivity index (χ0n) is 45.2. The van der Waals surface area contributed by atoms with E-state index in [1.54, 1.807) is 0 Å². The molecular weight excluding hydrogens is 1010 g/mol. The van der Waals surface area contributed by atoms with Crippen molar-refractivity contribution in [3.8, 4) is 89.8 Å². The molecule has 388 valence electrons. The molecule has 2 heterocycles. The highest BCUT2D eigenvalue weighted by atomic mass is 16.5. The van der Waals surface area contributed by atoms with E-state index < -0.39 is 10.8 Å². The van der Waals surface area contributed by atoms with Crippen LogP contribution in [0.3, 0.4) is 0 Å². The van der Waals surface area contributed by atoms with Crippen LogP contribution in [-0.4, -0.2) is 0 Å². The van der Waals surface area contributed by atoms with Crippen molar-refractivity contribution in [2.45, 2.75) is 10.8 Å². The molecule has 0 bridgehead atoms. The molecule has 0 N–H and O–H groups in total. The Morgan fingerprint density at radius 3 is 1.06 bits per heavy atom. The van der Waals surface area contributed by atoms with E-state index >= 15 is 0 Å². The summed E-state index contributed by atoms with van der Waals surface area (Å²) in [6.45, 7) is 0. The highest BCUT2D eigenvalue weighted by molar-refractivity contribution is 5.95. The molecule has 3 nitrogen and oxygen atoms in total. The zero-order valence-corrected chi connectivity index (χ0v) is 45.2. The Bertz CT molecular complexity index is 4640. The molecule has 0 unspecified atom stereocenters. The van der Waals surface area contributed by atoms with Gasteiger partial charge >= 0.3 is 0 Å². The van der Waals surface area contributed by atoms with E-state index in [2.05, 4.69) is 314 Å². The number of nitrogens with zero attached hydrogens (tertiary/aromatic N) is 1. The van der Waals surface area contributed by atoms with Crippen LogP contribution in [0, 0.1) is 0 Å². The van der Waals surface area contributed by atoms with Gasteiger partial charge in [-0.3, -0.25) is 0 Å². The molecule has 0 saturated carbocycles. The summed E-state index contributed by atoms with van der Waals surface area (Å²) in [5, 5.41) is 0. The number of hydrogen-bond donors (Lipinski definition) is 0.